The molecule has 0 saturated carbocycles. The van der Waals surface area contributed by atoms with Crippen molar-refractivity contribution in [3.63, 3.8) is 0 Å². The number of amides is 1. The number of methoxy groups -OCH3 is 1. The molecular formula is C33H31NO6. The first kappa shape index (κ1) is 26.8. The van der Waals surface area contributed by atoms with Crippen molar-refractivity contribution in [1.82, 2.24) is 0 Å². The van der Waals surface area contributed by atoms with Crippen molar-refractivity contribution in [3.05, 3.63) is 114 Å². The van der Waals surface area contributed by atoms with E-state index in [4.69, 9.17) is 18.9 Å². The maximum absolute atomic E-state index is 14.3. The highest BCUT2D eigenvalue weighted by Gasteiger charge is 2.44. The molecule has 2 atom stereocenters. The largest absolute Gasteiger partial charge is 0.497 e. The van der Waals surface area contributed by atoms with E-state index in [1.807, 2.05) is 44.2 Å². The minimum atomic E-state index is -0.986. The fourth-order valence-corrected chi connectivity index (χ4v) is 4.84. The molecule has 2 unspecified atom stereocenters. The smallest absolute Gasteiger partial charge is 0.259 e. The van der Waals surface area contributed by atoms with Crippen molar-refractivity contribution < 1.29 is 28.5 Å². The number of Topliss-reactive ketones (excluding diaryl/α,β-unsaturated/α-hetero) is 1. The number of hydrogen-bond donors (Lipinski definition) is 0. The van der Waals surface area contributed by atoms with Crippen LogP contribution in [0.15, 0.2) is 97.1 Å². The molecule has 0 aliphatic carbocycles. The molecule has 1 heterocycles. The van der Waals surface area contributed by atoms with E-state index in [2.05, 4.69) is 0 Å². The van der Waals surface area contributed by atoms with Crippen LogP contribution in [0.2, 0.25) is 0 Å². The lowest BCUT2D eigenvalue weighted by molar-refractivity contribution is 0.0730. The molecular weight excluding hydrogens is 506 g/mol. The van der Waals surface area contributed by atoms with Gasteiger partial charge in [-0.25, -0.2) is 0 Å². The maximum atomic E-state index is 14.3. The van der Waals surface area contributed by atoms with E-state index in [0.29, 0.717) is 53.0 Å². The van der Waals surface area contributed by atoms with Crippen molar-refractivity contribution in [2.75, 3.05) is 25.2 Å². The summed E-state index contributed by atoms with van der Waals surface area (Å²) >= 11 is 0. The summed E-state index contributed by atoms with van der Waals surface area (Å²) < 4.78 is 23.0. The Balaban J connectivity index is 1.65. The Kier molecular flexibility index (Phi) is 8.01. The van der Waals surface area contributed by atoms with Crippen LogP contribution < -0.4 is 23.8 Å². The molecule has 1 amide bonds. The van der Waals surface area contributed by atoms with Crippen LogP contribution in [-0.2, 0) is 0 Å². The van der Waals surface area contributed by atoms with Gasteiger partial charge in [-0.3, -0.25) is 14.5 Å². The highest BCUT2D eigenvalue weighted by atomic mass is 16.5. The number of rotatable bonds is 9. The lowest BCUT2D eigenvalue weighted by atomic mass is 9.89. The first-order valence-corrected chi connectivity index (χ1v) is 13.3. The van der Waals surface area contributed by atoms with Crippen LogP contribution in [0.3, 0.4) is 0 Å². The summed E-state index contributed by atoms with van der Waals surface area (Å²) in [5, 5.41) is 0. The Labute approximate surface area is 233 Å². The number of anilines is 1. The highest BCUT2D eigenvalue weighted by Crippen LogP contribution is 2.40. The van der Waals surface area contributed by atoms with Gasteiger partial charge in [0.15, 0.2) is 11.9 Å². The maximum Gasteiger partial charge on any atom is 0.259 e. The topological polar surface area (TPSA) is 74.3 Å². The number of nitrogens with zero attached hydrogens (tertiary/aromatic N) is 1. The molecule has 4 aromatic rings. The predicted molar refractivity (Wildman–Crippen MR) is 153 cm³/mol. The van der Waals surface area contributed by atoms with Crippen LogP contribution in [0.4, 0.5) is 5.69 Å². The number of fused-ring (bicyclic) bond motifs is 1. The van der Waals surface area contributed by atoms with Gasteiger partial charge in [-0.1, -0.05) is 24.3 Å². The summed E-state index contributed by atoms with van der Waals surface area (Å²) in [4.78, 5) is 30.0. The van der Waals surface area contributed by atoms with Gasteiger partial charge in [-0.15, -0.1) is 0 Å². The zero-order valence-corrected chi connectivity index (χ0v) is 22.7. The van der Waals surface area contributed by atoms with Crippen LogP contribution in [0.25, 0.3) is 0 Å². The second-order valence-corrected chi connectivity index (χ2v) is 9.18. The average molecular weight is 538 g/mol. The van der Waals surface area contributed by atoms with E-state index in [-0.39, 0.29) is 11.7 Å². The van der Waals surface area contributed by atoms with E-state index in [0.717, 1.165) is 5.56 Å². The molecule has 0 aromatic heterocycles. The van der Waals surface area contributed by atoms with Gasteiger partial charge >= 0.3 is 0 Å². The summed E-state index contributed by atoms with van der Waals surface area (Å²) in [7, 11) is 1.57. The Morgan fingerprint density at radius 2 is 1.35 bits per heavy atom. The third-order valence-corrected chi connectivity index (χ3v) is 6.74. The first-order valence-electron chi connectivity index (χ1n) is 13.3. The third-order valence-electron chi connectivity index (χ3n) is 6.74. The van der Waals surface area contributed by atoms with E-state index in [1.165, 1.54) is 4.90 Å². The van der Waals surface area contributed by atoms with Gasteiger partial charge in [0.05, 0.1) is 25.9 Å². The standard InChI is InChI=1S/C33H31NO6/c1-4-38-26-18-10-22(11-19-26)32-30(31(35)28-8-6-7-9-29(28)40-32)34(24-14-20-27(21-15-24)39-5-2)33(36)23-12-16-25(37-3)17-13-23/h6-21,30,32H,4-5H2,1-3H3. The molecule has 7 nitrogen and oxygen atoms in total. The Hall–Kier alpha value is -4.78. The quantitative estimate of drug-likeness (QED) is 0.242. The van der Waals surface area contributed by atoms with Crippen molar-refractivity contribution in [1.29, 1.82) is 0 Å². The fraction of sp³-hybridized carbons (Fsp3) is 0.212. The van der Waals surface area contributed by atoms with E-state index >= 15 is 0 Å². The van der Waals surface area contributed by atoms with Crippen molar-refractivity contribution in [2.24, 2.45) is 0 Å². The molecule has 0 fully saturated rings. The van der Waals surface area contributed by atoms with Crippen LogP contribution >= 0.6 is 0 Å². The molecule has 0 spiro atoms. The summed E-state index contributed by atoms with van der Waals surface area (Å²) in [6.45, 7) is 4.88. The van der Waals surface area contributed by atoms with Crippen molar-refractivity contribution in [3.8, 4) is 23.0 Å². The van der Waals surface area contributed by atoms with Gasteiger partial charge in [-0.05, 0) is 92.2 Å². The second kappa shape index (κ2) is 11.9. The highest BCUT2D eigenvalue weighted by molar-refractivity contribution is 6.14. The molecule has 0 bridgehead atoms. The summed E-state index contributed by atoms with van der Waals surface area (Å²) in [6, 6.07) is 27.6. The summed E-state index contributed by atoms with van der Waals surface area (Å²) in [5.74, 6) is 1.93. The number of benzene rings is 4. The molecule has 5 rings (SSSR count). The zero-order chi connectivity index (χ0) is 28.1. The zero-order valence-electron chi connectivity index (χ0n) is 22.7. The Morgan fingerprint density at radius 1 is 0.775 bits per heavy atom. The minimum Gasteiger partial charge on any atom is -0.497 e. The van der Waals surface area contributed by atoms with Gasteiger partial charge in [0, 0.05) is 11.3 Å². The number of carbonyl (C=O) groups excluding carboxylic acids is 2. The van der Waals surface area contributed by atoms with Crippen molar-refractivity contribution >= 4 is 17.4 Å². The van der Waals surface area contributed by atoms with Gasteiger partial charge in [0.25, 0.3) is 5.91 Å². The lowest BCUT2D eigenvalue weighted by Crippen LogP contribution is -2.52. The Morgan fingerprint density at radius 3 is 1.95 bits per heavy atom. The monoisotopic (exact) mass is 537 g/mol. The fourth-order valence-electron chi connectivity index (χ4n) is 4.84. The van der Waals surface area contributed by atoms with Crippen LogP contribution in [0, 0.1) is 0 Å². The van der Waals surface area contributed by atoms with E-state index in [1.54, 1.807) is 73.8 Å². The molecule has 0 N–H and O–H groups in total. The number of carbonyl (C=O) groups is 2. The molecule has 4 aromatic carbocycles. The van der Waals surface area contributed by atoms with Crippen LogP contribution in [0.5, 0.6) is 23.0 Å². The second-order valence-electron chi connectivity index (χ2n) is 9.18. The van der Waals surface area contributed by atoms with Gasteiger partial charge in [0.1, 0.15) is 29.0 Å². The molecule has 0 radical (unpaired) electrons. The normalized spacial score (nSPS) is 15.9. The van der Waals surface area contributed by atoms with E-state index < -0.39 is 12.1 Å². The lowest BCUT2D eigenvalue weighted by Gasteiger charge is -2.39. The van der Waals surface area contributed by atoms with Gasteiger partial charge in [-0.2, -0.15) is 0 Å². The number of ketones is 1. The SMILES string of the molecule is CCOc1ccc(C2Oc3ccccc3C(=O)C2N(C(=O)c2ccc(OC)cc2)c2ccc(OCC)cc2)cc1. The minimum absolute atomic E-state index is 0.212. The summed E-state index contributed by atoms with van der Waals surface area (Å²) in [6.07, 6.45) is -0.771. The summed E-state index contributed by atoms with van der Waals surface area (Å²) in [5.41, 5.74) is 2.12. The molecule has 204 valence electrons. The number of para-hydroxylation sites is 1. The van der Waals surface area contributed by atoms with Crippen LogP contribution in [-0.4, -0.2) is 38.1 Å². The molecule has 0 saturated heterocycles. The van der Waals surface area contributed by atoms with Gasteiger partial charge in [0.2, 0.25) is 0 Å². The third kappa shape index (κ3) is 5.36. The Bertz CT molecular complexity index is 1460. The molecule has 1 aliphatic rings. The first-order chi connectivity index (χ1) is 19.5. The van der Waals surface area contributed by atoms with Crippen LogP contribution in [0.1, 0.15) is 46.2 Å². The van der Waals surface area contributed by atoms with Gasteiger partial charge < -0.3 is 18.9 Å². The van der Waals surface area contributed by atoms with E-state index in [9.17, 15) is 9.59 Å². The van der Waals surface area contributed by atoms with Crippen molar-refractivity contribution in [2.45, 2.75) is 26.0 Å². The predicted octanol–water partition coefficient (Wildman–Crippen LogP) is 6.52. The molecule has 40 heavy (non-hydrogen) atoms. The molecule has 7 heteroatoms. The average Bonchev–Trinajstić information content (AvgIpc) is 3.00. The number of hydrogen-bond acceptors (Lipinski definition) is 6. The molecule has 1 aliphatic heterocycles. The number of ether oxygens (including phenoxy) is 4.